The molecule has 2 N–H and O–H groups in total. The SMILES string of the molecule is CN(C)CCCOc1ccc(/C=c2\[nH]c(=O)/c(=C/c3ccncc3)[nH]c2=O)cc1. The lowest BCUT2D eigenvalue weighted by molar-refractivity contribution is 0.281. The molecular formula is C22H24N4O3. The molecule has 0 bridgehead atoms. The van der Waals surface area contributed by atoms with Crippen LogP contribution >= 0.6 is 0 Å². The molecule has 0 radical (unpaired) electrons. The minimum absolute atomic E-state index is 0.194. The second-order valence-corrected chi connectivity index (χ2v) is 6.88. The van der Waals surface area contributed by atoms with Gasteiger partial charge in [0.15, 0.2) is 0 Å². The summed E-state index contributed by atoms with van der Waals surface area (Å²) in [6.07, 6.45) is 7.42. The van der Waals surface area contributed by atoms with Crippen LogP contribution in [0.5, 0.6) is 5.75 Å². The number of ether oxygens (including phenoxy) is 1. The Labute approximate surface area is 168 Å². The first-order valence-corrected chi connectivity index (χ1v) is 9.35. The number of rotatable bonds is 7. The smallest absolute Gasteiger partial charge is 0.272 e. The van der Waals surface area contributed by atoms with Crippen molar-refractivity contribution < 1.29 is 4.74 Å². The topological polar surface area (TPSA) is 91.1 Å². The van der Waals surface area contributed by atoms with E-state index in [1.165, 1.54) is 0 Å². The third kappa shape index (κ3) is 6.02. The Morgan fingerprint density at radius 3 is 2.00 bits per heavy atom. The third-order valence-electron chi connectivity index (χ3n) is 4.21. The highest BCUT2D eigenvalue weighted by Gasteiger charge is 1.99. The fourth-order valence-corrected chi connectivity index (χ4v) is 2.72. The predicted molar refractivity (Wildman–Crippen MR) is 113 cm³/mol. The summed E-state index contributed by atoms with van der Waals surface area (Å²) < 4.78 is 5.70. The number of nitrogens with one attached hydrogen (secondary N) is 2. The summed E-state index contributed by atoms with van der Waals surface area (Å²) in [5.41, 5.74) is 0.833. The van der Waals surface area contributed by atoms with E-state index in [0.29, 0.717) is 6.61 Å². The molecule has 7 heteroatoms. The van der Waals surface area contributed by atoms with E-state index in [1.54, 1.807) is 36.7 Å². The molecule has 0 aliphatic carbocycles. The second kappa shape index (κ2) is 9.66. The van der Waals surface area contributed by atoms with E-state index in [-0.39, 0.29) is 21.8 Å². The molecule has 0 aliphatic rings. The summed E-state index contributed by atoms with van der Waals surface area (Å²) in [6, 6.07) is 10.9. The summed E-state index contributed by atoms with van der Waals surface area (Å²) in [4.78, 5) is 36.0. The number of benzene rings is 1. The standard InChI is InChI=1S/C22H24N4O3/c1-26(2)12-3-13-29-18-6-4-16(5-7-18)14-19-21(27)25-20(22(28)24-19)15-17-8-10-23-11-9-17/h4-11,14-15H,3,12-13H2,1-2H3,(H,24,28)(H,25,27)/b19-14-,20-15-. The van der Waals surface area contributed by atoms with Gasteiger partial charge in [-0.2, -0.15) is 0 Å². The summed E-state index contributed by atoms with van der Waals surface area (Å²) in [6.45, 7) is 1.61. The van der Waals surface area contributed by atoms with E-state index in [9.17, 15) is 9.59 Å². The van der Waals surface area contributed by atoms with Crippen LogP contribution in [0.2, 0.25) is 0 Å². The van der Waals surface area contributed by atoms with Crippen LogP contribution in [0.15, 0.2) is 58.4 Å². The summed E-state index contributed by atoms with van der Waals surface area (Å²) in [7, 11) is 4.06. The zero-order valence-electron chi connectivity index (χ0n) is 16.5. The van der Waals surface area contributed by atoms with E-state index in [1.807, 2.05) is 38.4 Å². The largest absolute Gasteiger partial charge is 0.494 e. The van der Waals surface area contributed by atoms with Gasteiger partial charge in [-0.25, -0.2) is 0 Å². The lowest BCUT2D eigenvalue weighted by atomic mass is 10.2. The summed E-state index contributed by atoms with van der Waals surface area (Å²) in [5.74, 6) is 0.769. The third-order valence-corrected chi connectivity index (χ3v) is 4.21. The van der Waals surface area contributed by atoms with Gasteiger partial charge in [0.05, 0.1) is 6.61 Å². The monoisotopic (exact) mass is 392 g/mol. The van der Waals surface area contributed by atoms with Crippen molar-refractivity contribution in [1.82, 2.24) is 19.9 Å². The van der Waals surface area contributed by atoms with Crippen molar-refractivity contribution in [3.05, 3.63) is 91.3 Å². The molecule has 29 heavy (non-hydrogen) atoms. The molecule has 3 rings (SSSR count). The molecule has 0 aliphatic heterocycles. The maximum absolute atomic E-state index is 12.4. The molecule has 2 aromatic heterocycles. The lowest BCUT2D eigenvalue weighted by Crippen LogP contribution is -2.46. The van der Waals surface area contributed by atoms with E-state index < -0.39 is 0 Å². The molecule has 1 aromatic carbocycles. The Kier molecular flexibility index (Phi) is 6.76. The second-order valence-electron chi connectivity index (χ2n) is 6.88. The van der Waals surface area contributed by atoms with Gasteiger partial charge in [-0.05, 0) is 68.1 Å². The van der Waals surface area contributed by atoms with Gasteiger partial charge < -0.3 is 19.6 Å². The highest BCUT2D eigenvalue weighted by atomic mass is 16.5. The molecule has 0 saturated heterocycles. The molecule has 3 aromatic rings. The number of H-pyrrole nitrogens is 2. The van der Waals surface area contributed by atoms with Gasteiger partial charge in [0.2, 0.25) is 0 Å². The van der Waals surface area contributed by atoms with Crippen molar-refractivity contribution in [3.8, 4) is 5.75 Å². The minimum Gasteiger partial charge on any atom is -0.494 e. The molecule has 0 saturated carbocycles. The Morgan fingerprint density at radius 2 is 1.45 bits per heavy atom. The quantitative estimate of drug-likeness (QED) is 0.570. The molecule has 0 fully saturated rings. The molecule has 0 unspecified atom stereocenters. The van der Waals surface area contributed by atoms with Crippen molar-refractivity contribution in [2.75, 3.05) is 27.2 Å². The van der Waals surface area contributed by atoms with E-state index in [4.69, 9.17) is 4.74 Å². The predicted octanol–water partition coefficient (Wildman–Crippen LogP) is 0.446. The van der Waals surface area contributed by atoms with Gasteiger partial charge in [-0.1, -0.05) is 12.1 Å². The molecule has 0 atom stereocenters. The molecule has 0 spiro atoms. The van der Waals surface area contributed by atoms with Crippen LogP contribution in [-0.2, 0) is 0 Å². The van der Waals surface area contributed by atoms with Crippen molar-refractivity contribution in [2.45, 2.75) is 6.42 Å². The first-order chi connectivity index (χ1) is 14.0. The van der Waals surface area contributed by atoms with Crippen LogP contribution < -0.4 is 26.6 Å². The fraction of sp³-hybridized carbons (Fsp3) is 0.227. The first-order valence-electron chi connectivity index (χ1n) is 9.35. The van der Waals surface area contributed by atoms with Gasteiger partial charge >= 0.3 is 0 Å². The Morgan fingerprint density at radius 1 is 0.897 bits per heavy atom. The Hall–Kier alpha value is -3.45. The number of aromatic nitrogens is 3. The highest BCUT2D eigenvalue weighted by molar-refractivity contribution is 5.50. The number of pyridine rings is 1. The van der Waals surface area contributed by atoms with Crippen LogP contribution in [-0.4, -0.2) is 47.1 Å². The summed E-state index contributed by atoms with van der Waals surface area (Å²) >= 11 is 0. The average molecular weight is 392 g/mol. The average Bonchev–Trinajstić information content (AvgIpc) is 2.71. The number of hydrogen-bond donors (Lipinski definition) is 2. The van der Waals surface area contributed by atoms with Gasteiger partial charge in [0.25, 0.3) is 11.1 Å². The molecule has 7 nitrogen and oxygen atoms in total. The van der Waals surface area contributed by atoms with Crippen LogP contribution in [0.4, 0.5) is 0 Å². The van der Waals surface area contributed by atoms with E-state index in [0.717, 1.165) is 29.8 Å². The van der Waals surface area contributed by atoms with Crippen LogP contribution in [0.25, 0.3) is 12.2 Å². The van der Waals surface area contributed by atoms with Crippen molar-refractivity contribution in [1.29, 1.82) is 0 Å². The number of aromatic amines is 2. The van der Waals surface area contributed by atoms with Gasteiger partial charge in [0, 0.05) is 18.9 Å². The van der Waals surface area contributed by atoms with Crippen LogP contribution in [0.1, 0.15) is 17.5 Å². The highest BCUT2D eigenvalue weighted by Crippen LogP contribution is 2.12. The maximum atomic E-state index is 12.4. The minimum atomic E-state index is -0.367. The van der Waals surface area contributed by atoms with E-state index in [2.05, 4.69) is 19.9 Å². The number of hydrogen-bond acceptors (Lipinski definition) is 5. The zero-order chi connectivity index (χ0) is 20.6. The van der Waals surface area contributed by atoms with Gasteiger partial charge in [-0.3, -0.25) is 14.6 Å². The van der Waals surface area contributed by atoms with Crippen molar-refractivity contribution in [3.63, 3.8) is 0 Å². The first kappa shape index (κ1) is 20.3. The zero-order valence-corrected chi connectivity index (χ0v) is 16.5. The van der Waals surface area contributed by atoms with Crippen LogP contribution in [0.3, 0.4) is 0 Å². The Bertz CT molecular complexity index is 1160. The summed E-state index contributed by atoms with van der Waals surface area (Å²) in [5, 5.41) is 0.390. The van der Waals surface area contributed by atoms with Crippen molar-refractivity contribution >= 4 is 12.2 Å². The van der Waals surface area contributed by atoms with Gasteiger partial charge in [-0.15, -0.1) is 0 Å². The maximum Gasteiger partial charge on any atom is 0.272 e. The van der Waals surface area contributed by atoms with Crippen LogP contribution in [0, 0.1) is 0 Å². The fourth-order valence-electron chi connectivity index (χ4n) is 2.72. The molecular weight excluding hydrogens is 368 g/mol. The molecule has 2 heterocycles. The van der Waals surface area contributed by atoms with Gasteiger partial charge in [0.1, 0.15) is 16.4 Å². The molecule has 0 amide bonds. The molecule has 150 valence electrons. The van der Waals surface area contributed by atoms with Crippen molar-refractivity contribution in [2.24, 2.45) is 0 Å². The normalized spacial score (nSPS) is 12.5. The lowest BCUT2D eigenvalue weighted by Gasteiger charge is -2.10. The van der Waals surface area contributed by atoms with E-state index >= 15 is 0 Å². The number of nitrogens with zero attached hydrogens (tertiary/aromatic N) is 2. The Balaban J connectivity index is 1.78.